The molecule has 2 heterocycles. The van der Waals surface area contributed by atoms with Crippen molar-refractivity contribution in [1.82, 2.24) is 5.32 Å². The van der Waals surface area contributed by atoms with Gasteiger partial charge in [0.15, 0.2) is 6.61 Å². The van der Waals surface area contributed by atoms with Gasteiger partial charge >= 0.3 is 5.97 Å². The quantitative estimate of drug-likeness (QED) is 0.561. The first-order valence-corrected chi connectivity index (χ1v) is 11.4. The fourth-order valence-electron chi connectivity index (χ4n) is 3.78. The number of carbonyl (C=O) groups is 3. The first kappa shape index (κ1) is 21.8. The van der Waals surface area contributed by atoms with Crippen LogP contribution in [-0.2, 0) is 27.2 Å². The summed E-state index contributed by atoms with van der Waals surface area (Å²) in [6.07, 6.45) is 2.06. The van der Waals surface area contributed by atoms with Crippen LogP contribution in [0.5, 0.6) is 0 Å². The predicted octanol–water partition coefficient (Wildman–Crippen LogP) is 3.61. The van der Waals surface area contributed by atoms with Crippen molar-refractivity contribution in [3.05, 3.63) is 88.1 Å². The molecule has 0 radical (unpaired) electrons. The third kappa shape index (κ3) is 5.23. The summed E-state index contributed by atoms with van der Waals surface area (Å²) in [5.41, 5.74) is 2.87. The van der Waals surface area contributed by atoms with Gasteiger partial charge in [-0.3, -0.25) is 9.59 Å². The lowest BCUT2D eigenvalue weighted by Gasteiger charge is -2.29. The second-order valence-electron chi connectivity index (χ2n) is 7.58. The average Bonchev–Trinajstić information content (AvgIpc) is 3.37. The van der Waals surface area contributed by atoms with Gasteiger partial charge in [-0.1, -0.05) is 54.6 Å². The van der Waals surface area contributed by atoms with Gasteiger partial charge in [-0.15, -0.1) is 11.3 Å². The number of nitrogens with zero attached hydrogens (tertiary/aromatic N) is 1. The van der Waals surface area contributed by atoms with Crippen molar-refractivity contribution in [2.75, 3.05) is 18.1 Å². The van der Waals surface area contributed by atoms with Crippen LogP contribution >= 0.6 is 11.3 Å². The van der Waals surface area contributed by atoms with E-state index >= 15 is 0 Å². The Bertz CT molecular complexity index is 1080. The summed E-state index contributed by atoms with van der Waals surface area (Å²) in [7, 11) is 0. The lowest BCUT2D eigenvalue weighted by Crippen LogP contribution is -2.45. The molecule has 1 N–H and O–H groups in total. The van der Waals surface area contributed by atoms with Gasteiger partial charge in [-0.25, -0.2) is 4.79 Å². The van der Waals surface area contributed by atoms with E-state index in [2.05, 4.69) is 5.32 Å². The number of anilines is 1. The SMILES string of the molecule is O=C(N[C@H](Cc1ccccc1)C(=O)OCC(=O)N1CCCc2ccccc21)c1cccs1. The van der Waals surface area contributed by atoms with Crippen molar-refractivity contribution < 1.29 is 19.1 Å². The smallest absolute Gasteiger partial charge is 0.329 e. The Morgan fingerprint density at radius 2 is 1.78 bits per heavy atom. The predicted molar refractivity (Wildman–Crippen MR) is 124 cm³/mol. The van der Waals surface area contributed by atoms with Crippen molar-refractivity contribution in [2.24, 2.45) is 0 Å². The molecule has 0 unspecified atom stereocenters. The summed E-state index contributed by atoms with van der Waals surface area (Å²) < 4.78 is 5.38. The van der Waals surface area contributed by atoms with Crippen molar-refractivity contribution in [2.45, 2.75) is 25.3 Å². The second-order valence-corrected chi connectivity index (χ2v) is 8.53. The summed E-state index contributed by atoms with van der Waals surface area (Å²) in [4.78, 5) is 40.4. The highest BCUT2D eigenvalue weighted by molar-refractivity contribution is 7.12. The number of amides is 2. The molecule has 4 rings (SSSR count). The standard InChI is InChI=1S/C25H24N2O4S/c28-23(27-14-6-11-19-10-4-5-12-21(19)27)17-31-25(30)20(16-18-8-2-1-3-9-18)26-24(29)22-13-7-15-32-22/h1-5,7-10,12-13,15,20H,6,11,14,16-17H2,(H,26,29)/t20-/m1/s1. The number of rotatable bonds is 7. The molecule has 0 saturated carbocycles. The molecule has 0 bridgehead atoms. The number of para-hydroxylation sites is 1. The Morgan fingerprint density at radius 3 is 2.56 bits per heavy atom. The van der Waals surface area contributed by atoms with Crippen LogP contribution in [0.4, 0.5) is 5.69 Å². The Morgan fingerprint density at radius 1 is 1.00 bits per heavy atom. The number of ether oxygens (including phenoxy) is 1. The Balaban J connectivity index is 1.42. The van der Waals surface area contributed by atoms with Crippen LogP contribution in [0.2, 0.25) is 0 Å². The van der Waals surface area contributed by atoms with E-state index in [1.165, 1.54) is 11.3 Å². The van der Waals surface area contributed by atoms with Crippen molar-refractivity contribution >= 4 is 34.8 Å². The zero-order valence-electron chi connectivity index (χ0n) is 17.5. The van der Waals surface area contributed by atoms with Gasteiger partial charge in [-0.05, 0) is 41.5 Å². The van der Waals surface area contributed by atoms with Crippen molar-refractivity contribution in [1.29, 1.82) is 0 Å². The first-order chi connectivity index (χ1) is 15.6. The maximum atomic E-state index is 12.9. The van der Waals surface area contributed by atoms with Gasteiger partial charge in [-0.2, -0.15) is 0 Å². The molecule has 6 nitrogen and oxygen atoms in total. The highest BCUT2D eigenvalue weighted by atomic mass is 32.1. The maximum Gasteiger partial charge on any atom is 0.329 e. The molecule has 1 aromatic heterocycles. The fraction of sp³-hybridized carbons (Fsp3) is 0.240. The fourth-order valence-corrected chi connectivity index (χ4v) is 4.41. The highest BCUT2D eigenvalue weighted by Gasteiger charge is 2.27. The Kier molecular flexibility index (Phi) is 6.97. The maximum absolute atomic E-state index is 12.9. The number of aryl methyl sites for hydroxylation is 1. The van der Waals surface area contributed by atoms with Crippen LogP contribution in [0.25, 0.3) is 0 Å². The molecule has 3 aromatic rings. The van der Waals surface area contributed by atoms with Crippen molar-refractivity contribution in [3.8, 4) is 0 Å². The summed E-state index contributed by atoms with van der Waals surface area (Å²) in [6, 6.07) is 19.7. The van der Waals surface area contributed by atoms with Crippen LogP contribution in [0, 0.1) is 0 Å². The number of carbonyl (C=O) groups excluding carboxylic acids is 3. The molecule has 1 aliphatic heterocycles. The number of benzene rings is 2. The minimum atomic E-state index is -0.895. The third-order valence-electron chi connectivity index (χ3n) is 5.37. The van der Waals surface area contributed by atoms with Crippen LogP contribution in [0.15, 0.2) is 72.1 Å². The molecule has 1 atom stereocenters. The molecule has 0 aliphatic carbocycles. The van der Waals surface area contributed by atoms with Crippen molar-refractivity contribution in [3.63, 3.8) is 0 Å². The Hall–Kier alpha value is -3.45. The molecular formula is C25H24N2O4S. The van der Waals surface area contributed by atoms with E-state index in [4.69, 9.17) is 4.74 Å². The van der Waals surface area contributed by atoms with Gasteiger partial charge in [0, 0.05) is 18.7 Å². The molecule has 2 aromatic carbocycles. The molecule has 0 spiro atoms. The minimum absolute atomic E-state index is 0.270. The first-order valence-electron chi connectivity index (χ1n) is 10.5. The van der Waals surface area contributed by atoms with E-state index in [-0.39, 0.29) is 24.8 Å². The van der Waals surface area contributed by atoms with Gasteiger partial charge < -0.3 is 15.0 Å². The molecule has 7 heteroatoms. The zero-order valence-corrected chi connectivity index (χ0v) is 18.3. The lowest BCUT2D eigenvalue weighted by atomic mass is 10.0. The highest BCUT2D eigenvalue weighted by Crippen LogP contribution is 2.26. The van der Waals surface area contributed by atoms with Crippen LogP contribution < -0.4 is 10.2 Å². The number of esters is 1. The molecule has 1 aliphatic rings. The van der Waals surface area contributed by atoms with E-state index < -0.39 is 12.0 Å². The molecule has 2 amide bonds. The van der Waals surface area contributed by atoms with E-state index in [0.717, 1.165) is 29.7 Å². The molecule has 32 heavy (non-hydrogen) atoms. The lowest BCUT2D eigenvalue weighted by molar-refractivity contribution is -0.149. The van der Waals surface area contributed by atoms with Gasteiger partial charge in [0.1, 0.15) is 6.04 Å². The monoisotopic (exact) mass is 448 g/mol. The van der Waals surface area contributed by atoms with Gasteiger partial charge in [0.2, 0.25) is 0 Å². The second kappa shape index (κ2) is 10.2. The number of fused-ring (bicyclic) bond motifs is 1. The Labute approximate surface area is 190 Å². The normalized spacial score (nSPS) is 13.7. The largest absolute Gasteiger partial charge is 0.454 e. The number of thiophene rings is 1. The molecule has 0 saturated heterocycles. The minimum Gasteiger partial charge on any atom is -0.454 e. The summed E-state index contributed by atoms with van der Waals surface area (Å²) in [6.45, 7) is 0.225. The van der Waals surface area contributed by atoms with Crippen LogP contribution in [0.3, 0.4) is 0 Å². The number of hydrogen-bond acceptors (Lipinski definition) is 5. The van der Waals surface area contributed by atoms with E-state index in [1.54, 1.807) is 22.4 Å². The van der Waals surface area contributed by atoms with Gasteiger partial charge in [0.05, 0.1) is 4.88 Å². The van der Waals surface area contributed by atoms with E-state index in [9.17, 15) is 14.4 Å². The zero-order chi connectivity index (χ0) is 22.3. The van der Waals surface area contributed by atoms with E-state index in [0.29, 0.717) is 11.4 Å². The number of nitrogens with one attached hydrogen (secondary N) is 1. The molecule has 164 valence electrons. The molecular weight excluding hydrogens is 424 g/mol. The average molecular weight is 449 g/mol. The number of hydrogen-bond donors (Lipinski definition) is 1. The summed E-state index contributed by atoms with van der Waals surface area (Å²) in [5, 5.41) is 4.56. The van der Waals surface area contributed by atoms with E-state index in [1.807, 2.05) is 54.6 Å². The van der Waals surface area contributed by atoms with Crippen LogP contribution in [0.1, 0.15) is 27.2 Å². The topological polar surface area (TPSA) is 75.7 Å². The summed E-state index contributed by atoms with van der Waals surface area (Å²) >= 11 is 1.30. The summed E-state index contributed by atoms with van der Waals surface area (Å²) in [5.74, 6) is -1.24. The van der Waals surface area contributed by atoms with Crippen LogP contribution in [-0.4, -0.2) is 37.0 Å². The van der Waals surface area contributed by atoms with Gasteiger partial charge in [0.25, 0.3) is 11.8 Å². The third-order valence-corrected chi connectivity index (χ3v) is 6.24. The molecule has 0 fully saturated rings.